The molecule has 0 aliphatic carbocycles. The van der Waals surface area contributed by atoms with Crippen LogP contribution >= 0.6 is 34.3 Å². The Balaban J connectivity index is 1.28. The lowest BCUT2D eigenvalue weighted by Crippen LogP contribution is -2.50. The van der Waals surface area contributed by atoms with Crippen molar-refractivity contribution in [2.75, 3.05) is 26.2 Å². The van der Waals surface area contributed by atoms with E-state index in [9.17, 15) is 18.4 Å². The van der Waals surface area contributed by atoms with Crippen LogP contribution in [0.15, 0.2) is 59.2 Å². The maximum absolute atomic E-state index is 13.1. The molecule has 5 rings (SSSR count). The molecule has 1 aliphatic rings. The number of carbonyl (C=O) groups excluding carboxylic acids is 1. The summed E-state index contributed by atoms with van der Waals surface area (Å²) in [7, 11) is -3.66. The van der Waals surface area contributed by atoms with Gasteiger partial charge in [0.1, 0.15) is 4.21 Å². The highest BCUT2D eigenvalue weighted by Crippen LogP contribution is 2.33. The molecule has 1 saturated heterocycles. The smallest absolute Gasteiger partial charge is 0.282 e. The molecule has 0 atom stereocenters. The summed E-state index contributed by atoms with van der Waals surface area (Å²) in [6.45, 7) is 0.956. The van der Waals surface area contributed by atoms with Gasteiger partial charge in [-0.25, -0.2) is 13.4 Å². The molecule has 1 aliphatic heterocycles. The first kappa shape index (κ1) is 22.2. The minimum Gasteiger partial charge on any atom is -0.619 e. The van der Waals surface area contributed by atoms with Crippen LogP contribution in [0.3, 0.4) is 0 Å². The summed E-state index contributed by atoms with van der Waals surface area (Å²) in [5, 5.41) is 13.2. The van der Waals surface area contributed by atoms with Crippen molar-refractivity contribution in [3.8, 4) is 10.4 Å². The van der Waals surface area contributed by atoms with Crippen molar-refractivity contribution < 1.29 is 17.9 Å². The molecule has 170 valence electrons. The standard InChI is InChI=1S/C21H17ClN4O4S3/c22-16-4-3-14-10-19(31-17(14)11-16)33(29,30)26-8-6-24(7-9-26)21(27)20-23-12-18(32-20)15-2-1-5-25(28)13-15/h1-5,10-13H,6-9H2. The molecule has 12 heteroatoms. The normalized spacial score (nSPS) is 15.2. The van der Waals surface area contributed by atoms with E-state index in [1.54, 1.807) is 47.5 Å². The molecule has 0 unspecified atom stereocenters. The van der Waals surface area contributed by atoms with E-state index in [4.69, 9.17) is 11.6 Å². The number of halogens is 1. The molecule has 33 heavy (non-hydrogen) atoms. The number of sulfonamides is 1. The molecule has 1 fully saturated rings. The van der Waals surface area contributed by atoms with Gasteiger partial charge >= 0.3 is 0 Å². The molecule has 3 aromatic heterocycles. The van der Waals surface area contributed by atoms with Crippen LogP contribution in [0.5, 0.6) is 0 Å². The first-order valence-corrected chi connectivity index (χ1v) is 13.4. The van der Waals surface area contributed by atoms with Crippen LogP contribution in [0.4, 0.5) is 0 Å². The third kappa shape index (κ3) is 4.34. The van der Waals surface area contributed by atoms with Crippen molar-refractivity contribution in [2.24, 2.45) is 0 Å². The Morgan fingerprint density at radius 1 is 1.12 bits per heavy atom. The molecule has 1 aromatic carbocycles. The predicted octanol–water partition coefficient (Wildman–Crippen LogP) is 3.46. The molecule has 0 bridgehead atoms. The quantitative estimate of drug-likeness (QED) is 0.303. The topological polar surface area (TPSA) is 97.5 Å². The Hall–Kier alpha value is -2.57. The second-order valence-electron chi connectivity index (χ2n) is 7.43. The van der Waals surface area contributed by atoms with Crippen molar-refractivity contribution in [2.45, 2.75) is 4.21 Å². The SMILES string of the molecule is O=C(c1ncc(-c2ccc[n+]([O-])c2)s1)N1CCN(S(=O)(=O)c2cc3ccc(Cl)cc3s2)CC1. The number of rotatable bonds is 4. The highest BCUT2D eigenvalue weighted by molar-refractivity contribution is 7.91. The largest absolute Gasteiger partial charge is 0.619 e. The Morgan fingerprint density at radius 3 is 2.67 bits per heavy atom. The maximum Gasteiger partial charge on any atom is 0.282 e. The van der Waals surface area contributed by atoms with Crippen molar-refractivity contribution in [1.82, 2.24) is 14.2 Å². The van der Waals surface area contributed by atoms with Gasteiger partial charge in [0.05, 0.1) is 10.4 Å². The van der Waals surface area contributed by atoms with Gasteiger partial charge in [0.15, 0.2) is 17.4 Å². The van der Waals surface area contributed by atoms with E-state index in [-0.39, 0.29) is 36.3 Å². The number of hydrogen-bond donors (Lipinski definition) is 0. The number of pyridine rings is 1. The van der Waals surface area contributed by atoms with E-state index in [2.05, 4.69) is 4.98 Å². The van der Waals surface area contributed by atoms with Crippen LogP contribution < -0.4 is 4.73 Å². The van der Waals surface area contributed by atoms with Crippen LogP contribution in [0.25, 0.3) is 20.5 Å². The fourth-order valence-electron chi connectivity index (χ4n) is 3.61. The van der Waals surface area contributed by atoms with Crippen LogP contribution in [0, 0.1) is 5.21 Å². The Kier molecular flexibility index (Phi) is 5.83. The third-order valence-electron chi connectivity index (χ3n) is 5.33. The van der Waals surface area contributed by atoms with Gasteiger partial charge in [-0.15, -0.1) is 22.7 Å². The second-order valence-corrected chi connectivity index (χ2v) is 12.1. The molecule has 4 aromatic rings. The third-order valence-corrected chi connectivity index (χ3v) is 10.0. The summed E-state index contributed by atoms with van der Waals surface area (Å²) in [6, 6.07) is 10.4. The molecule has 0 saturated carbocycles. The fraction of sp³-hybridized carbons (Fsp3) is 0.190. The van der Waals surface area contributed by atoms with E-state index in [1.807, 2.05) is 0 Å². The van der Waals surface area contributed by atoms with Crippen molar-refractivity contribution in [1.29, 1.82) is 0 Å². The number of thiophene rings is 1. The number of hydrogen-bond acceptors (Lipinski definition) is 7. The van der Waals surface area contributed by atoms with Gasteiger partial charge in [0, 0.05) is 48.2 Å². The maximum atomic E-state index is 13.1. The van der Waals surface area contributed by atoms with Crippen molar-refractivity contribution in [3.63, 3.8) is 0 Å². The number of aromatic nitrogens is 2. The van der Waals surface area contributed by atoms with Crippen LogP contribution in [0.1, 0.15) is 9.80 Å². The molecular weight excluding hydrogens is 504 g/mol. The average Bonchev–Trinajstić information content (AvgIpc) is 3.46. The molecule has 1 amide bonds. The molecule has 0 spiro atoms. The Morgan fingerprint density at radius 2 is 1.91 bits per heavy atom. The summed E-state index contributed by atoms with van der Waals surface area (Å²) in [6.07, 6.45) is 4.38. The number of thiazole rings is 1. The van der Waals surface area contributed by atoms with E-state index >= 15 is 0 Å². The Bertz CT molecular complexity index is 1460. The van der Waals surface area contributed by atoms with E-state index in [1.165, 1.54) is 39.4 Å². The predicted molar refractivity (Wildman–Crippen MR) is 128 cm³/mol. The minimum absolute atomic E-state index is 0.205. The fourth-order valence-corrected chi connectivity index (χ4v) is 7.73. The van der Waals surface area contributed by atoms with E-state index in [0.717, 1.165) is 15.0 Å². The lowest BCUT2D eigenvalue weighted by Gasteiger charge is -2.33. The molecular formula is C21H17ClN4O4S3. The van der Waals surface area contributed by atoms with Gasteiger partial charge in [-0.2, -0.15) is 9.04 Å². The zero-order chi connectivity index (χ0) is 23.2. The Labute approximate surface area is 202 Å². The first-order chi connectivity index (χ1) is 15.8. The summed E-state index contributed by atoms with van der Waals surface area (Å²) < 4.78 is 29.5. The van der Waals surface area contributed by atoms with Gasteiger partial charge in [0.2, 0.25) is 0 Å². The van der Waals surface area contributed by atoms with Crippen LogP contribution in [-0.4, -0.2) is 54.7 Å². The summed E-state index contributed by atoms with van der Waals surface area (Å²) >= 11 is 8.42. The number of benzene rings is 1. The zero-order valence-corrected chi connectivity index (χ0v) is 20.3. The van der Waals surface area contributed by atoms with Gasteiger partial charge < -0.3 is 10.1 Å². The van der Waals surface area contributed by atoms with Gasteiger partial charge in [0.25, 0.3) is 15.9 Å². The number of nitrogens with zero attached hydrogens (tertiary/aromatic N) is 4. The zero-order valence-electron chi connectivity index (χ0n) is 17.0. The van der Waals surface area contributed by atoms with Gasteiger partial charge in [-0.3, -0.25) is 4.79 Å². The molecule has 0 N–H and O–H groups in total. The number of piperazine rings is 1. The summed E-state index contributed by atoms with van der Waals surface area (Å²) in [5.74, 6) is -0.245. The minimum atomic E-state index is -3.66. The number of amides is 1. The number of fused-ring (bicyclic) bond motifs is 1. The average molecular weight is 521 g/mol. The van der Waals surface area contributed by atoms with Crippen LogP contribution in [-0.2, 0) is 10.0 Å². The summed E-state index contributed by atoms with van der Waals surface area (Å²) in [5.41, 5.74) is 0.685. The van der Waals surface area contributed by atoms with Gasteiger partial charge in [-0.05, 0) is 29.7 Å². The van der Waals surface area contributed by atoms with Crippen molar-refractivity contribution >= 4 is 60.3 Å². The van der Waals surface area contributed by atoms with E-state index < -0.39 is 10.0 Å². The second kappa shape index (κ2) is 8.65. The van der Waals surface area contributed by atoms with E-state index in [0.29, 0.717) is 20.3 Å². The molecule has 0 radical (unpaired) electrons. The first-order valence-electron chi connectivity index (χ1n) is 9.95. The highest BCUT2D eigenvalue weighted by atomic mass is 35.5. The van der Waals surface area contributed by atoms with Crippen molar-refractivity contribution in [3.05, 3.63) is 70.2 Å². The highest BCUT2D eigenvalue weighted by Gasteiger charge is 2.32. The lowest BCUT2D eigenvalue weighted by molar-refractivity contribution is -0.604. The monoisotopic (exact) mass is 520 g/mol. The number of carbonyl (C=O) groups is 1. The van der Waals surface area contributed by atoms with Gasteiger partial charge in [-0.1, -0.05) is 17.7 Å². The molecule has 4 heterocycles. The molecule has 8 nitrogen and oxygen atoms in total. The summed E-state index contributed by atoms with van der Waals surface area (Å²) in [4.78, 5) is 19.5. The lowest BCUT2D eigenvalue weighted by atomic mass is 10.2. The van der Waals surface area contributed by atoms with Crippen LogP contribution in [0.2, 0.25) is 5.02 Å².